The summed E-state index contributed by atoms with van der Waals surface area (Å²) in [6.45, 7) is 2.42. The molecule has 0 bridgehead atoms. The van der Waals surface area contributed by atoms with Crippen LogP contribution >= 0.6 is 11.8 Å². The number of hydrogen-bond donors (Lipinski definition) is 2. The maximum absolute atomic E-state index is 9.60. The highest BCUT2D eigenvalue weighted by Crippen LogP contribution is 2.16. The molecule has 1 aromatic rings. The standard InChI is InChI=1S/C12H18O3S/c1-10-4-2-3-5-12(10)15-8-11(14)9-16-7-6-13/h2-5,11,13-14H,6-9H2,1H3. The molecule has 90 valence electrons. The molecule has 0 aliphatic rings. The fourth-order valence-electron chi connectivity index (χ4n) is 1.24. The normalized spacial score (nSPS) is 12.4. The molecule has 0 radical (unpaired) electrons. The van der Waals surface area contributed by atoms with E-state index in [9.17, 15) is 5.11 Å². The summed E-state index contributed by atoms with van der Waals surface area (Å²) in [6, 6.07) is 7.73. The van der Waals surface area contributed by atoms with Gasteiger partial charge in [0.25, 0.3) is 0 Å². The van der Waals surface area contributed by atoms with Gasteiger partial charge in [0.15, 0.2) is 0 Å². The van der Waals surface area contributed by atoms with Crippen molar-refractivity contribution in [3.05, 3.63) is 29.8 Å². The van der Waals surface area contributed by atoms with E-state index in [2.05, 4.69) is 0 Å². The van der Waals surface area contributed by atoms with Crippen molar-refractivity contribution in [2.24, 2.45) is 0 Å². The molecule has 1 atom stereocenters. The van der Waals surface area contributed by atoms with Gasteiger partial charge in [-0.05, 0) is 18.6 Å². The SMILES string of the molecule is Cc1ccccc1OCC(O)CSCCO. The van der Waals surface area contributed by atoms with E-state index in [1.54, 1.807) is 0 Å². The van der Waals surface area contributed by atoms with Crippen LogP contribution < -0.4 is 4.74 Å². The minimum atomic E-state index is -0.490. The van der Waals surface area contributed by atoms with Crippen LogP contribution in [0.2, 0.25) is 0 Å². The third kappa shape index (κ3) is 4.88. The van der Waals surface area contributed by atoms with E-state index in [1.165, 1.54) is 11.8 Å². The maximum Gasteiger partial charge on any atom is 0.122 e. The molecule has 4 heteroatoms. The zero-order valence-electron chi connectivity index (χ0n) is 9.43. The minimum Gasteiger partial charge on any atom is -0.491 e. The molecule has 16 heavy (non-hydrogen) atoms. The molecule has 1 unspecified atom stereocenters. The molecule has 0 amide bonds. The van der Waals surface area contributed by atoms with Crippen LogP contribution in [0, 0.1) is 6.92 Å². The Labute approximate surface area is 100 Å². The maximum atomic E-state index is 9.60. The van der Waals surface area contributed by atoms with Crippen LogP contribution in [-0.4, -0.2) is 41.0 Å². The van der Waals surface area contributed by atoms with Crippen LogP contribution in [0.5, 0.6) is 5.75 Å². The highest BCUT2D eigenvalue weighted by atomic mass is 32.2. The van der Waals surface area contributed by atoms with Crippen molar-refractivity contribution in [3.63, 3.8) is 0 Å². The molecule has 0 aliphatic heterocycles. The fraction of sp³-hybridized carbons (Fsp3) is 0.500. The van der Waals surface area contributed by atoms with Crippen LogP contribution in [0.15, 0.2) is 24.3 Å². The molecule has 0 fully saturated rings. The van der Waals surface area contributed by atoms with Gasteiger partial charge in [0.1, 0.15) is 12.4 Å². The van der Waals surface area contributed by atoms with Gasteiger partial charge in [0.05, 0.1) is 12.7 Å². The largest absolute Gasteiger partial charge is 0.491 e. The predicted molar refractivity (Wildman–Crippen MR) is 67.1 cm³/mol. The van der Waals surface area contributed by atoms with Crippen LogP contribution in [-0.2, 0) is 0 Å². The number of para-hydroxylation sites is 1. The molecule has 3 nitrogen and oxygen atoms in total. The third-order valence-corrected chi connectivity index (χ3v) is 3.16. The number of ether oxygens (including phenoxy) is 1. The highest BCUT2D eigenvalue weighted by Gasteiger charge is 2.06. The summed E-state index contributed by atoms with van der Waals surface area (Å²) < 4.78 is 5.50. The Morgan fingerprint density at radius 3 is 2.81 bits per heavy atom. The van der Waals surface area contributed by atoms with E-state index in [0.29, 0.717) is 18.1 Å². The second-order valence-electron chi connectivity index (χ2n) is 3.53. The van der Waals surface area contributed by atoms with Crippen LogP contribution in [0.1, 0.15) is 5.56 Å². The van der Waals surface area contributed by atoms with Gasteiger partial charge in [0.2, 0.25) is 0 Å². The molecule has 0 aromatic heterocycles. The van der Waals surface area contributed by atoms with Crippen molar-refractivity contribution < 1.29 is 14.9 Å². The van der Waals surface area contributed by atoms with Crippen molar-refractivity contribution in [1.29, 1.82) is 0 Å². The molecule has 0 saturated heterocycles. The summed E-state index contributed by atoms with van der Waals surface area (Å²) >= 11 is 1.52. The lowest BCUT2D eigenvalue weighted by atomic mass is 10.2. The Balaban J connectivity index is 2.26. The Kier molecular flexibility index (Phi) is 6.30. The van der Waals surface area contributed by atoms with Crippen LogP contribution in [0.25, 0.3) is 0 Å². The molecule has 0 heterocycles. The van der Waals surface area contributed by atoms with Gasteiger partial charge in [-0.1, -0.05) is 18.2 Å². The van der Waals surface area contributed by atoms with Gasteiger partial charge in [-0.3, -0.25) is 0 Å². The number of aryl methyl sites for hydroxylation is 1. The Hall–Kier alpha value is -0.710. The van der Waals surface area contributed by atoms with Crippen molar-refractivity contribution in [1.82, 2.24) is 0 Å². The first-order chi connectivity index (χ1) is 7.74. The lowest BCUT2D eigenvalue weighted by Crippen LogP contribution is -2.20. The Morgan fingerprint density at radius 2 is 2.12 bits per heavy atom. The minimum absolute atomic E-state index is 0.149. The lowest BCUT2D eigenvalue weighted by molar-refractivity contribution is 0.126. The van der Waals surface area contributed by atoms with Gasteiger partial charge < -0.3 is 14.9 Å². The van der Waals surface area contributed by atoms with Crippen molar-refractivity contribution in [2.75, 3.05) is 24.7 Å². The molecule has 2 N–H and O–H groups in total. The number of thioether (sulfide) groups is 1. The van der Waals surface area contributed by atoms with E-state index < -0.39 is 6.10 Å². The summed E-state index contributed by atoms with van der Waals surface area (Å²) in [7, 11) is 0. The van der Waals surface area contributed by atoms with E-state index in [4.69, 9.17) is 9.84 Å². The van der Waals surface area contributed by atoms with E-state index in [1.807, 2.05) is 31.2 Å². The number of rotatable bonds is 7. The number of hydrogen-bond acceptors (Lipinski definition) is 4. The summed E-state index contributed by atoms with van der Waals surface area (Å²) in [4.78, 5) is 0. The van der Waals surface area contributed by atoms with Crippen LogP contribution in [0.4, 0.5) is 0 Å². The zero-order chi connectivity index (χ0) is 11.8. The highest BCUT2D eigenvalue weighted by molar-refractivity contribution is 7.99. The van der Waals surface area contributed by atoms with Crippen LogP contribution in [0.3, 0.4) is 0 Å². The van der Waals surface area contributed by atoms with Gasteiger partial charge in [-0.15, -0.1) is 0 Å². The number of aliphatic hydroxyl groups excluding tert-OH is 2. The predicted octanol–water partition coefficient (Wildman–Crippen LogP) is 1.46. The molecule has 0 spiro atoms. The first-order valence-corrected chi connectivity index (χ1v) is 6.44. The topological polar surface area (TPSA) is 49.7 Å². The second-order valence-corrected chi connectivity index (χ2v) is 4.68. The Bertz CT molecular complexity index is 304. The second kappa shape index (κ2) is 7.54. The van der Waals surface area contributed by atoms with Gasteiger partial charge in [-0.2, -0.15) is 11.8 Å². The summed E-state index contributed by atoms with van der Waals surface area (Å²) in [5.41, 5.74) is 1.07. The van der Waals surface area contributed by atoms with Crippen molar-refractivity contribution in [3.8, 4) is 5.75 Å². The number of benzene rings is 1. The first kappa shape index (κ1) is 13.4. The molecular weight excluding hydrogens is 224 g/mol. The summed E-state index contributed by atoms with van der Waals surface area (Å²) in [5.74, 6) is 2.06. The lowest BCUT2D eigenvalue weighted by Gasteiger charge is -2.13. The average Bonchev–Trinajstić information content (AvgIpc) is 2.28. The quantitative estimate of drug-likeness (QED) is 0.711. The van der Waals surface area contributed by atoms with Gasteiger partial charge in [0, 0.05) is 11.5 Å². The molecular formula is C12H18O3S. The summed E-state index contributed by atoms with van der Waals surface area (Å²) in [6.07, 6.45) is -0.490. The van der Waals surface area contributed by atoms with Gasteiger partial charge in [-0.25, -0.2) is 0 Å². The van der Waals surface area contributed by atoms with Gasteiger partial charge >= 0.3 is 0 Å². The fourth-order valence-corrected chi connectivity index (χ4v) is 1.90. The summed E-state index contributed by atoms with van der Waals surface area (Å²) in [5, 5.41) is 18.2. The third-order valence-electron chi connectivity index (χ3n) is 2.07. The number of aliphatic hydroxyl groups is 2. The van der Waals surface area contributed by atoms with E-state index in [0.717, 1.165) is 11.3 Å². The molecule has 0 saturated carbocycles. The monoisotopic (exact) mass is 242 g/mol. The molecule has 1 rings (SSSR count). The Morgan fingerprint density at radius 1 is 1.38 bits per heavy atom. The van der Waals surface area contributed by atoms with Crippen molar-refractivity contribution >= 4 is 11.8 Å². The smallest absolute Gasteiger partial charge is 0.122 e. The van der Waals surface area contributed by atoms with E-state index >= 15 is 0 Å². The first-order valence-electron chi connectivity index (χ1n) is 5.29. The molecule has 1 aromatic carbocycles. The molecule has 0 aliphatic carbocycles. The zero-order valence-corrected chi connectivity index (χ0v) is 10.2. The van der Waals surface area contributed by atoms with Crippen molar-refractivity contribution in [2.45, 2.75) is 13.0 Å². The average molecular weight is 242 g/mol. The van der Waals surface area contributed by atoms with E-state index in [-0.39, 0.29) is 6.61 Å².